The second-order valence-corrected chi connectivity index (χ2v) is 9.43. The van der Waals surface area contributed by atoms with E-state index in [4.69, 9.17) is 0 Å². The van der Waals surface area contributed by atoms with E-state index in [-0.39, 0.29) is 5.82 Å². The van der Waals surface area contributed by atoms with Crippen molar-refractivity contribution in [3.63, 3.8) is 0 Å². The molecule has 4 nitrogen and oxygen atoms in total. The molecule has 0 saturated heterocycles. The summed E-state index contributed by atoms with van der Waals surface area (Å²) in [4.78, 5) is 8.93. The Morgan fingerprint density at radius 2 is 1.59 bits per heavy atom. The van der Waals surface area contributed by atoms with Crippen LogP contribution in [0.15, 0.2) is 78.2 Å². The summed E-state index contributed by atoms with van der Waals surface area (Å²) in [6.07, 6.45) is 13.1. The van der Waals surface area contributed by atoms with Gasteiger partial charge in [0.1, 0.15) is 5.82 Å². The molecule has 5 heteroatoms. The van der Waals surface area contributed by atoms with Crippen molar-refractivity contribution in [2.24, 2.45) is 0 Å². The number of hydrogen-bond donors (Lipinski definition) is 3. The molecule has 2 aromatic heterocycles. The number of fused-ring (bicyclic) bond motifs is 2. The maximum atomic E-state index is 13.2. The van der Waals surface area contributed by atoms with E-state index < -0.39 is 0 Å². The van der Waals surface area contributed by atoms with Gasteiger partial charge in [0.05, 0.1) is 0 Å². The van der Waals surface area contributed by atoms with Gasteiger partial charge in [0.15, 0.2) is 0 Å². The molecule has 6 rings (SSSR count). The minimum atomic E-state index is -0.172. The monoisotopic (exact) mass is 456 g/mol. The van der Waals surface area contributed by atoms with Crippen LogP contribution < -0.4 is 5.32 Å². The van der Waals surface area contributed by atoms with Crippen LogP contribution in [0.4, 0.5) is 4.39 Å². The highest BCUT2D eigenvalue weighted by Gasteiger charge is 2.11. The molecule has 2 aromatic carbocycles. The van der Waals surface area contributed by atoms with Gasteiger partial charge in [-0.2, -0.15) is 0 Å². The Bertz CT molecular complexity index is 1330. The molecule has 34 heavy (non-hydrogen) atoms. The van der Waals surface area contributed by atoms with Crippen LogP contribution in [0.5, 0.6) is 0 Å². The van der Waals surface area contributed by atoms with Crippen molar-refractivity contribution < 1.29 is 4.39 Å². The number of likely N-dealkylation sites (N-methyl/N-ethyl adjacent to an activating group) is 1. The lowest BCUT2D eigenvalue weighted by Crippen LogP contribution is -2.26. The van der Waals surface area contributed by atoms with Crippen LogP contribution in [0.3, 0.4) is 0 Å². The molecule has 0 atom stereocenters. The Labute approximate surface area is 200 Å². The number of aromatic nitrogens is 2. The number of rotatable bonds is 4. The molecule has 3 N–H and O–H groups in total. The molecule has 0 spiro atoms. The van der Waals surface area contributed by atoms with E-state index in [0.717, 1.165) is 49.8 Å². The zero-order chi connectivity index (χ0) is 23.3. The molecule has 0 radical (unpaired) electrons. The number of hydrogen-bond acceptors (Lipinski definition) is 2. The standard InChI is InChI=1S/C15H18N2.C14H15FN2/c1-17-8-4-5-12(11-17)9-13-10-16-15-7-3-2-6-14(13)15;15-12-3-4-14-13(7-12)11(9-17-14)6-10-2-1-5-16-8-10/h2-3,5-7,10,16H,4,8-9,11H2,1H3;2-4,7,9,16-17H,1,5-6,8H2. The molecule has 0 fully saturated rings. The smallest absolute Gasteiger partial charge is 0.123 e. The second-order valence-electron chi connectivity index (χ2n) is 9.43. The third-order valence-corrected chi connectivity index (χ3v) is 6.76. The van der Waals surface area contributed by atoms with Crippen molar-refractivity contribution in [1.29, 1.82) is 0 Å². The number of aromatic amines is 2. The zero-order valence-corrected chi connectivity index (χ0v) is 19.8. The third kappa shape index (κ3) is 5.32. The van der Waals surface area contributed by atoms with Crippen LogP contribution in [-0.4, -0.2) is 48.1 Å². The molecule has 176 valence electrons. The lowest BCUT2D eigenvalue weighted by atomic mass is 10.0. The molecule has 2 aliphatic rings. The van der Waals surface area contributed by atoms with E-state index in [1.807, 2.05) is 6.20 Å². The van der Waals surface area contributed by atoms with Crippen LogP contribution in [0, 0.1) is 5.82 Å². The van der Waals surface area contributed by atoms with Crippen LogP contribution in [0.25, 0.3) is 21.8 Å². The van der Waals surface area contributed by atoms with Crippen molar-refractivity contribution in [3.8, 4) is 0 Å². The third-order valence-electron chi connectivity index (χ3n) is 6.76. The predicted octanol–water partition coefficient (Wildman–Crippen LogP) is 5.74. The van der Waals surface area contributed by atoms with E-state index >= 15 is 0 Å². The van der Waals surface area contributed by atoms with Gasteiger partial charge in [-0.15, -0.1) is 0 Å². The highest BCUT2D eigenvalue weighted by molar-refractivity contribution is 5.84. The summed E-state index contributed by atoms with van der Waals surface area (Å²) >= 11 is 0. The van der Waals surface area contributed by atoms with Crippen molar-refractivity contribution in [2.75, 3.05) is 33.2 Å². The topological polar surface area (TPSA) is 46.9 Å². The molecular formula is C29H33FN4. The minimum Gasteiger partial charge on any atom is -0.361 e. The summed E-state index contributed by atoms with van der Waals surface area (Å²) in [5.74, 6) is -0.172. The lowest BCUT2D eigenvalue weighted by Gasteiger charge is -2.22. The van der Waals surface area contributed by atoms with Crippen LogP contribution in [-0.2, 0) is 12.8 Å². The fraction of sp³-hybridized carbons (Fsp3) is 0.310. The Hall–Kier alpha value is -3.15. The molecular weight excluding hydrogens is 423 g/mol. The summed E-state index contributed by atoms with van der Waals surface area (Å²) in [7, 11) is 2.20. The molecule has 4 aromatic rings. The average molecular weight is 457 g/mol. The summed E-state index contributed by atoms with van der Waals surface area (Å²) in [5.41, 5.74) is 7.78. The molecule has 4 heterocycles. The molecule has 2 aliphatic heterocycles. The van der Waals surface area contributed by atoms with Gasteiger partial charge in [-0.25, -0.2) is 4.39 Å². The first-order valence-corrected chi connectivity index (χ1v) is 12.2. The molecule has 0 unspecified atom stereocenters. The Morgan fingerprint density at radius 3 is 2.38 bits per heavy atom. The number of halogens is 1. The van der Waals surface area contributed by atoms with E-state index in [2.05, 4.69) is 69.8 Å². The first-order chi connectivity index (χ1) is 16.7. The van der Waals surface area contributed by atoms with E-state index in [9.17, 15) is 4.39 Å². The Kier molecular flexibility index (Phi) is 6.93. The first kappa shape index (κ1) is 22.6. The minimum absolute atomic E-state index is 0.172. The van der Waals surface area contributed by atoms with Gasteiger partial charge in [-0.3, -0.25) is 0 Å². The molecule has 0 bridgehead atoms. The summed E-state index contributed by atoms with van der Waals surface area (Å²) in [5, 5.41) is 5.71. The van der Waals surface area contributed by atoms with Gasteiger partial charge >= 0.3 is 0 Å². The van der Waals surface area contributed by atoms with Crippen LogP contribution >= 0.6 is 0 Å². The molecule has 0 aliphatic carbocycles. The predicted molar refractivity (Wildman–Crippen MR) is 140 cm³/mol. The highest BCUT2D eigenvalue weighted by Crippen LogP contribution is 2.23. The average Bonchev–Trinajstić information content (AvgIpc) is 3.44. The van der Waals surface area contributed by atoms with Gasteiger partial charge < -0.3 is 20.2 Å². The fourth-order valence-electron chi connectivity index (χ4n) is 5.01. The normalized spacial score (nSPS) is 16.8. The summed E-state index contributed by atoms with van der Waals surface area (Å²) < 4.78 is 13.2. The van der Waals surface area contributed by atoms with Crippen molar-refractivity contribution in [2.45, 2.75) is 25.7 Å². The zero-order valence-electron chi connectivity index (χ0n) is 19.8. The van der Waals surface area contributed by atoms with Gasteiger partial charge in [-0.1, -0.05) is 41.5 Å². The number of nitrogens with one attached hydrogen (secondary N) is 3. The van der Waals surface area contributed by atoms with Gasteiger partial charge in [0.25, 0.3) is 0 Å². The maximum Gasteiger partial charge on any atom is 0.123 e. The van der Waals surface area contributed by atoms with Crippen LogP contribution in [0.2, 0.25) is 0 Å². The molecule has 0 amide bonds. The fourth-order valence-corrected chi connectivity index (χ4v) is 5.01. The lowest BCUT2D eigenvalue weighted by molar-refractivity contribution is 0.352. The van der Waals surface area contributed by atoms with Crippen molar-refractivity contribution in [1.82, 2.24) is 20.2 Å². The van der Waals surface area contributed by atoms with Crippen molar-refractivity contribution >= 4 is 21.8 Å². The maximum absolute atomic E-state index is 13.2. The Balaban J connectivity index is 0.000000142. The molecule has 0 saturated carbocycles. The summed E-state index contributed by atoms with van der Waals surface area (Å²) in [6, 6.07) is 13.4. The SMILES string of the molecule is CN1CCC=C(Cc2c[nH]c3ccccc23)C1.Fc1ccc2[nH]cc(CC3=CCCNC3)c2c1. The van der Waals surface area contributed by atoms with Gasteiger partial charge in [0.2, 0.25) is 0 Å². The first-order valence-electron chi connectivity index (χ1n) is 12.2. The number of nitrogens with zero attached hydrogens (tertiary/aromatic N) is 1. The quantitative estimate of drug-likeness (QED) is 0.343. The van der Waals surface area contributed by atoms with E-state index in [1.165, 1.54) is 46.6 Å². The van der Waals surface area contributed by atoms with Gasteiger partial charge in [-0.05, 0) is 74.7 Å². The van der Waals surface area contributed by atoms with Crippen LogP contribution in [0.1, 0.15) is 24.0 Å². The number of para-hydroxylation sites is 1. The van der Waals surface area contributed by atoms with E-state index in [1.54, 1.807) is 17.7 Å². The second kappa shape index (κ2) is 10.4. The highest BCUT2D eigenvalue weighted by atomic mass is 19.1. The van der Waals surface area contributed by atoms with E-state index in [0.29, 0.717) is 0 Å². The number of benzene rings is 2. The summed E-state index contributed by atoms with van der Waals surface area (Å²) in [6.45, 7) is 4.31. The van der Waals surface area contributed by atoms with Crippen molar-refractivity contribution in [3.05, 3.63) is 95.1 Å². The number of H-pyrrole nitrogens is 2. The largest absolute Gasteiger partial charge is 0.361 e. The van der Waals surface area contributed by atoms with Gasteiger partial charge in [0, 0.05) is 53.8 Å². The Morgan fingerprint density at radius 1 is 0.853 bits per heavy atom.